The first-order valence-corrected chi connectivity index (χ1v) is 7.96. The van der Waals surface area contributed by atoms with Gasteiger partial charge >= 0.3 is 0 Å². The molecule has 2 aromatic rings. The molecule has 0 heterocycles. The van der Waals surface area contributed by atoms with Gasteiger partial charge in [-0.25, -0.2) is 0 Å². The minimum Gasteiger partial charge on any atom is -0.381 e. The highest BCUT2D eigenvalue weighted by molar-refractivity contribution is 9.10. The summed E-state index contributed by atoms with van der Waals surface area (Å²) < 4.78 is 1.15. The molecule has 1 unspecified atom stereocenters. The third-order valence-electron chi connectivity index (χ3n) is 3.60. The van der Waals surface area contributed by atoms with Crippen molar-refractivity contribution in [3.8, 4) is 0 Å². The highest BCUT2D eigenvalue weighted by Gasteiger charge is 2.11. The lowest BCUT2D eigenvalue weighted by Gasteiger charge is -2.21. The van der Waals surface area contributed by atoms with Gasteiger partial charge < -0.3 is 5.32 Å². The Morgan fingerprint density at radius 1 is 1.10 bits per heavy atom. The Morgan fingerprint density at radius 3 is 2.40 bits per heavy atom. The van der Waals surface area contributed by atoms with E-state index in [0.29, 0.717) is 6.04 Å². The molecule has 1 nitrogen and oxygen atoms in total. The molecular weight excluding hydrogens is 310 g/mol. The Bertz CT molecular complexity index is 540. The number of nitrogens with one attached hydrogen (secondary N) is 1. The predicted molar refractivity (Wildman–Crippen MR) is 91.5 cm³/mol. The first-order valence-electron chi connectivity index (χ1n) is 7.17. The highest BCUT2D eigenvalue weighted by atomic mass is 79.9. The Kier molecular flexibility index (Phi) is 5.24. The number of rotatable bonds is 5. The van der Waals surface area contributed by atoms with Crippen molar-refractivity contribution in [3.63, 3.8) is 0 Å². The van der Waals surface area contributed by atoms with Crippen molar-refractivity contribution >= 4 is 21.6 Å². The maximum absolute atomic E-state index is 3.69. The lowest BCUT2D eigenvalue weighted by molar-refractivity contribution is 0.689. The van der Waals surface area contributed by atoms with Crippen LogP contribution in [0.1, 0.15) is 30.0 Å². The number of anilines is 1. The van der Waals surface area contributed by atoms with Crippen LogP contribution in [0.15, 0.2) is 46.9 Å². The van der Waals surface area contributed by atoms with Gasteiger partial charge in [0, 0.05) is 10.5 Å². The molecule has 2 rings (SSSR count). The quantitative estimate of drug-likeness (QED) is 0.762. The Hall–Kier alpha value is -1.28. The number of hydrogen-bond acceptors (Lipinski definition) is 1. The first-order chi connectivity index (χ1) is 9.60. The van der Waals surface area contributed by atoms with Crippen LogP contribution < -0.4 is 5.32 Å². The third kappa shape index (κ3) is 3.86. The van der Waals surface area contributed by atoms with Crippen LogP contribution in [0.25, 0.3) is 0 Å². The van der Waals surface area contributed by atoms with Crippen molar-refractivity contribution in [2.24, 2.45) is 0 Å². The lowest BCUT2D eigenvalue weighted by atomic mass is 10.0. The first kappa shape index (κ1) is 15.1. The molecule has 0 aliphatic carbocycles. The lowest BCUT2D eigenvalue weighted by Crippen LogP contribution is -2.22. The van der Waals surface area contributed by atoms with E-state index < -0.39 is 0 Å². The van der Waals surface area contributed by atoms with Gasteiger partial charge in [0.15, 0.2) is 0 Å². The van der Waals surface area contributed by atoms with E-state index in [0.717, 1.165) is 17.3 Å². The molecular formula is C18H22BrN. The maximum atomic E-state index is 3.69. The number of benzene rings is 2. The van der Waals surface area contributed by atoms with E-state index in [9.17, 15) is 0 Å². The monoisotopic (exact) mass is 331 g/mol. The third-order valence-corrected chi connectivity index (χ3v) is 4.22. The van der Waals surface area contributed by atoms with E-state index in [-0.39, 0.29) is 0 Å². The second kappa shape index (κ2) is 6.94. The van der Waals surface area contributed by atoms with Gasteiger partial charge in [-0.2, -0.15) is 0 Å². The second-order valence-corrected chi connectivity index (χ2v) is 6.23. The average molecular weight is 332 g/mol. The fourth-order valence-corrected chi connectivity index (χ4v) is 3.29. The largest absolute Gasteiger partial charge is 0.381 e. The molecule has 2 aromatic carbocycles. The molecule has 0 spiro atoms. The Labute approximate surface area is 130 Å². The van der Waals surface area contributed by atoms with Crippen LogP contribution in [0.5, 0.6) is 0 Å². The SMILES string of the molecule is CCC(Cc1ccccc1)Nc1c(C)cc(C)cc1Br. The van der Waals surface area contributed by atoms with Crippen LogP contribution in [0.4, 0.5) is 5.69 Å². The number of halogens is 1. The zero-order valence-corrected chi connectivity index (χ0v) is 14.0. The molecule has 0 saturated carbocycles. The summed E-state index contributed by atoms with van der Waals surface area (Å²) in [6.45, 7) is 6.52. The Morgan fingerprint density at radius 2 is 1.80 bits per heavy atom. The van der Waals surface area contributed by atoms with Crippen LogP contribution in [0.2, 0.25) is 0 Å². The maximum Gasteiger partial charge on any atom is 0.0516 e. The summed E-state index contributed by atoms with van der Waals surface area (Å²) in [5.74, 6) is 0. The molecule has 0 aliphatic rings. The average Bonchev–Trinajstić information content (AvgIpc) is 2.42. The van der Waals surface area contributed by atoms with Crippen molar-refractivity contribution in [2.75, 3.05) is 5.32 Å². The van der Waals surface area contributed by atoms with Crippen LogP contribution in [0, 0.1) is 13.8 Å². The van der Waals surface area contributed by atoms with Crippen LogP contribution in [-0.2, 0) is 6.42 Å². The minimum absolute atomic E-state index is 0.454. The van der Waals surface area contributed by atoms with Crippen molar-refractivity contribution in [2.45, 2.75) is 39.7 Å². The van der Waals surface area contributed by atoms with Gasteiger partial charge in [-0.15, -0.1) is 0 Å². The van der Waals surface area contributed by atoms with E-state index in [1.54, 1.807) is 0 Å². The summed E-state index contributed by atoms with van der Waals surface area (Å²) in [6.07, 6.45) is 2.16. The zero-order valence-electron chi connectivity index (χ0n) is 12.4. The second-order valence-electron chi connectivity index (χ2n) is 5.38. The fourth-order valence-electron chi connectivity index (χ4n) is 2.50. The van der Waals surface area contributed by atoms with Gasteiger partial charge in [-0.05, 0) is 65.4 Å². The van der Waals surface area contributed by atoms with E-state index in [1.165, 1.54) is 22.4 Å². The highest BCUT2D eigenvalue weighted by Crippen LogP contribution is 2.29. The molecule has 2 heteroatoms. The smallest absolute Gasteiger partial charge is 0.0516 e. The van der Waals surface area contributed by atoms with Crippen molar-refractivity contribution in [1.82, 2.24) is 0 Å². The summed E-state index contributed by atoms with van der Waals surface area (Å²) in [6, 6.07) is 15.5. The molecule has 0 aliphatic heterocycles. The van der Waals surface area contributed by atoms with Gasteiger partial charge in [-0.3, -0.25) is 0 Å². The molecule has 1 atom stereocenters. The van der Waals surface area contributed by atoms with Gasteiger partial charge in [0.2, 0.25) is 0 Å². The van der Waals surface area contributed by atoms with E-state index in [1.807, 2.05) is 0 Å². The molecule has 0 aromatic heterocycles. The minimum atomic E-state index is 0.454. The summed E-state index contributed by atoms with van der Waals surface area (Å²) in [4.78, 5) is 0. The summed E-state index contributed by atoms with van der Waals surface area (Å²) in [7, 11) is 0. The van der Waals surface area contributed by atoms with Crippen molar-refractivity contribution in [1.29, 1.82) is 0 Å². The number of aryl methyl sites for hydroxylation is 2. The molecule has 106 valence electrons. The van der Waals surface area contributed by atoms with Crippen LogP contribution >= 0.6 is 15.9 Å². The van der Waals surface area contributed by atoms with Gasteiger partial charge in [0.25, 0.3) is 0 Å². The van der Waals surface area contributed by atoms with Gasteiger partial charge in [-0.1, -0.05) is 43.3 Å². The van der Waals surface area contributed by atoms with E-state index >= 15 is 0 Å². The zero-order chi connectivity index (χ0) is 14.5. The summed E-state index contributed by atoms with van der Waals surface area (Å²) in [5.41, 5.74) is 5.19. The molecule has 1 N–H and O–H groups in total. The molecule has 0 saturated heterocycles. The molecule has 0 fully saturated rings. The van der Waals surface area contributed by atoms with Crippen molar-refractivity contribution in [3.05, 3.63) is 63.6 Å². The van der Waals surface area contributed by atoms with Gasteiger partial charge in [0.1, 0.15) is 0 Å². The molecule has 0 amide bonds. The summed E-state index contributed by atoms with van der Waals surface area (Å²) >= 11 is 3.68. The molecule has 20 heavy (non-hydrogen) atoms. The van der Waals surface area contributed by atoms with E-state index in [2.05, 4.69) is 84.5 Å². The predicted octanol–water partition coefficient (Wildman–Crippen LogP) is 5.50. The normalized spacial score (nSPS) is 12.2. The summed E-state index contributed by atoms with van der Waals surface area (Å²) in [5, 5.41) is 3.69. The Balaban J connectivity index is 2.15. The van der Waals surface area contributed by atoms with Crippen molar-refractivity contribution < 1.29 is 0 Å². The standard InChI is InChI=1S/C18H22BrN/c1-4-16(12-15-8-6-5-7-9-15)20-18-14(3)10-13(2)11-17(18)19/h5-11,16,20H,4,12H2,1-3H3. The van der Waals surface area contributed by atoms with Crippen LogP contribution in [0.3, 0.4) is 0 Å². The topological polar surface area (TPSA) is 12.0 Å². The van der Waals surface area contributed by atoms with Crippen LogP contribution in [-0.4, -0.2) is 6.04 Å². The van der Waals surface area contributed by atoms with E-state index in [4.69, 9.17) is 0 Å². The van der Waals surface area contributed by atoms with Gasteiger partial charge in [0.05, 0.1) is 5.69 Å². The number of hydrogen-bond donors (Lipinski definition) is 1. The molecule has 0 radical (unpaired) electrons. The fraction of sp³-hybridized carbons (Fsp3) is 0.333. The molecule has 0 bridgehead atoms.